The van der Waals surface area contributed by atoms with Crippen molar-refractivity contribution >= 4 is 11.3 Å². The van der Waals surface area contributed by atoms with Crippen LogP contribution < -0.4 is 5.32 Å². The molecule has 1 fully saturated rings. The molecule has 0 saturated heterocycles. The molecule has 122 valence electrons. The van der Waals surface area contributed by atoms with Crippen molar-refractivity contribution in [2.75, 3.05) is 0 Å². The summed E-state index contributed by atoms with van der Waals surface area (Å²) in [4.78, 5) is 14.2. The lowest BCUT2D eigenvalue weighted by atomic mass is 9.77. The summed E-state index contributed by atoms with van der Waals surface area (Å²) in [5.41, 5.74) is 2.23. The maximum Gasteiger partial charge on any atom is 0.143 e. The van der Waals surface area contributed by atoms with Crippen LogP contribution in [0.15, 0.2) is 55.1 Å². The van der Waals surface area contributed by atoms with Crippen molar-refractivity contribution in [3.63, 3.8) is 0 Å². The summed E-state index contributed by atoms with van der Waals surface area (Å²) < 4.78 is 0. The molecule has 3 aromatic rings. The standard InChI is InChI=1S/C19H20N4S/c1-2-5-14(6-3-1)18(15-7-4-8-15)22-11-16-12-23-19(24-16)17-13-20-9-10-21-17/h1-3,5-6,9-10,12-13,15,18,22H,4,7-8,11H2/t18-/m0/s1. The van der Waals surface area contributed by atoms with E-state index in [1.165, 1.54) is 29.7 Å². The third-order valence-corrected chi connectivity index (χ3v) is 5.63. The lowest BCUT2D eigenvalue weighted by Crippen LogP contribution is -2.31. The van der Waals surface area contributed by atoms with Gasteiger partial charge in [-0.2, -0.15) is 0 Å². The van der Waals surface area contributed by atoms with E-state index in [1.54, 1.807) is 29.9 Å². The maximum absolute atomic E-state index is 4.49. The Morgan fingerprint density at radius 2 is 1.96 bits per heavy atom. The van der Waals surface area contributed by atoms with Crippen LogP contribution in [0.2, 0.25) is 0 Å². The van der Waals surface area contributed by atoms with Crippen LogP contribution >= 0.6 is 11.3 Å². The van der Waals surface area contributed by atoms with Gasteiger partial charge in [0.25, 0.3) is 0 Å². The van der Waals surface area contributed by atoms with Crippen molar-refractivity contribution in [3.8, 4) is 10.7 Å². The van der Waals surface area contributed by atoms with Crippen LogP contribution in [0, 0.1) is 5.92 Å². The van der Waals surface area contributed by atoms with E-state index in [9.17, 15) is 0 Å². The molecule has 4 rings (SSSR count). The highest BCUT2D eigenvalue weighted by atomic mass is 32.1. The second-order valence-electron chi connectivity index (χ2n) is 6.18. The van der Waals surface area contributed by atoms with Gasteiger partial charge in [0.1, 0.15) is 10.7 Å². The number of aromatic nitrogens is 3. The van der Waals surface area contributed by atoms with E-state index < -0.39 is 0 Å². The quantitative estimate of drug-likeness (QED) is 0.732. The molecule has 0 aliphatic heterocycles. The van der Waals surface area contributed by atoms with Gasteiger partial charge < -0.3 is 5.32 Å². The van der Waals surface area contributed by atoms with Crippen molar-refractivity contribution < 1.29 is 0 Å². The molecule has 5 heteroatoms. The smallest absolute Gasteiger partial charge is 0.143 e. The Labute approximate surface area is 146 Å². The predicted octanol–water partition coefficient (Wildman–Crippen LogP) is 4.23. The molecular weight excluding hydrogens is 316 g/mol. The van der Waals surface area contributed by atoms with Crippen LogP contribution in [0.1, 0.15) is 35.7 Å². The third-order valence-electron chi connectivity index (χ3n) is 4.61. The van der Waals surface area contributed by atoms with Gasteiger partial charge in [-0.1, -0.05) is 36.8 Å². The number of hydrogen-bond acceptors (Lipinski definition) is 5. The van der Waals surface area contributed by atoms with Crippen molar-refractivity contribution in [1.29, 1.82) is 0 Å². The van der Waals surface area contributed by atoms with E-state index in [4.69, 9.17) is 0 Å². The summed E-state index contributed by atoms with van der Waals surface area (Å²) in [5, 5.41) is 4.68. The summed E-state index contributed by atoms with van der Waals surface area (Å²) in [6, 6.07) is 11.2. The summed E-state index contributed by atoms with van der Waals surface area (Å²) in [5.74, 6) is 0.750. The summed E-state index contributed by atoms with van der Waals surface area (Å²) in [6.45, 7) is 0.841. The maximum atomic E-state index is 4.49. The monoisotopic (exact) mass is 336 g/mol. The lowest BCUT2D eigenvalue weighted by molar-refractivity contribution is 0.230. The molecule has 1 aliphatic carbocycles. The topological polar surface area (TPSA) is 50.7 Å². The zero-order chi connectivity index (χ0) is 16.2. The lowest BCUT2D eigenvalue weighted by Gasteiger charge is -2.34. The zero-order valence-electron chi connectivity index (χ0n) is 13.4. The van der Waals surface area contributed by atoms with Gasteiger partial charge in [-0.25, -0.2) is 4.98 Å². The number of thiazole rings is 1. The first-order valence-corrected chi connectivity index (χ1v) is 9.21. The zero-order valence-corrected chi connectivity index (χ0v) is 14.2. The number of benzene rings is 1. The molecule has 1 atom stereocenters. The van der Waals surface area contributed by atoms with Crippen molar-refractivity contribution in [3.05, 3.63) is 65.6 Å². The molecular formula is C19H20N4S. The Kier molecular flexibility index (Phi) is 4.62. The number of rotatable bonds is 6. The molecule has 1 saturated carbocycles. The van der Waals surface area contributed by atoms with Gasteiger partial charge in [-0.3, -0.25) is 9.97 Å². The molecule has 0 amide bonds. The SMILES string of the molecule is c1ccc([C@H](NCc2cnc(-c3cnccn3)s2)C2CCC2)cc1. The minimum Gasteiger partial charge on any atom is -0.305 e. The molecule has 0 unspecified atom stereocenters. The normalized spacial score (nSPS) is 15.8. The molecule has 4 nitrogen and oxygen atoms in total. The van der Waals surface area contributed by atoms with Crippen molar-refractivity contribution in [2.24, 2.45) is 5.92 Å². The highest BCUT2D eigenvalue weighted by molar-refractivity contribution is 7.14. The van der Waals surface area contributed by atoms with E-state index in [-0.39, 0.29) is 0 Å². The third kappa shape index (κ3) is 3.37. The first-order valence-electron chi connectivity index (χ1n) is 8.39. The number of hydrogen-bond donors (Lipinski definition) is 1. The van der Waals surface area contributed by atoms with Crippen LogP contribution in [-0.4, -0.2) is 15.0 Å². The summed E-state index contributed by atoms with van der Waals surface area (Å²) >= 11 is 1.68. The Hall–Kier alpha value is -2.11. The molecule has 1 aromatic carbocycles. The van der Waals surface area contributed by atoms with Crippen LogP contribution in [0.5, 0.6) is 0 Å². The average molecular weight is 336 g/mol. The van der Waals surface area contributed by atoms with Crippen LogP contribution in [0.4, 0.5) is 0 Å². The number of nitrogens with zero attached hydrogens (tertiary/aromatic N) is 3. The summed E-state index contributed by atoms with van der Waals surface area (Å²) in [6.07, 6.45) is 11.1. The van der Waals surface area contributed by atoms with E-state index in [2.05, 4.69) is 50.6 Å². The molecule has 24 heavy (non-hydrogen) atoms. The molecule has 2 heterocycles. The highest BCUT2D eigenvalue weighted by Crippen LogP contribution is 2.38. The second-order valence-corrected chi connectivity index (χ2v) is 7.30. The number of nitrogens with one attached hydrogen (secondary N) is 1. The molecule has 1 aliphatic rings. The van der Waals surface area contributed by atoms with Gasteiger partial charge >= 0.3 is 0 Å². The largest absolute Gasteiger partial charge is 0.305 e. The molecule has 0 bridgehead atoms. The minimum absolute atomic E-state index is 0.432. The van der Waals surface area contributed by atoms with E-state index in [0.29, 0.717) is 6.04 Å². The second kappa shape index (κ2) is 7.20. The minimum atomic E-state index is 0.432. The average Bonchev–Trinajstić information content (AvgIpc) is 3.07. The molecule has 2 aromatic heterocycles. The van der Waals surface area contributed by atoms with Crippen LogP contribution in [0.25, 0.3) is 10.7 Å². The summed E-state index contributed by atoms with van der Waals surface area (Å²) in [7, 11) is 0. The fraction of sp³-hybridized carbons (Fsp3) is 0.316. The molecule has 0 spiro atoms. The van der Waals surface area contributed by atoms with E-state index >= 15 is 0 Å². The predicted molar refractivity (Wildman–Crippen MR) is 96.5 cm³/mol. The fourth-order valence-electron chi connectivity index (χ4n) is 3.12. The highest BCUT2D eigenvalue weighted by Gasteiger charge is 2.28. The van der Waals surface area contributed by atoms with E-state index in [1.807, 2.05) is 6.20 Å². The van der Waals surface area contributed by atoms with Gasteiger partial charge in [0.15, 0.2) is 0 Å². The van der Waals surface area contributed by atoms with Gasteiger partial charge in [0.05, 0.1) is 6.20 Å². The van der Waals surface area contributed by atoms with Gasteiger partial charge in [-0.15, -0.1) is 11.3 Å². The Balaban J connectivity index is 1.46. The van der Waals surface area contributed by atoms with Gasteiger partial charge in [0.2, 0.25) is 0 Å². The Bertz CT molecular complexity index is 768. The van der Waals surface area contributed by atoms with Crippen LogP contribution in [-0.2, 0) is 6.54 Å². The van der Waals surface area contributed by atoms with Crippen LogP contribution in [0.3, 0.4) is 0 Å². The Morgan fingerprint density at radius 3 is 2.67 bits per heavy atom. The van der Waals surface area contributed by atoms with Gasteiger partial charge in [-0.05, 0) is 24.3 Å². The van der Waals surface area contributed by atoms with E-state index in [0.717, 1.165) is 23.2 Å². The first-order chi connectivity index (χ1) is 11.9. The molecule has 1 N–H and O–H groups in total. The van der Waals surface area contributed by atoms with Crippen molar-refractivity contribution in [2.45, 2.75) is 31.8 Å². The first kappa shape index (κ1) is 15.4. The fourth-order valence-corrected chi connectivity index (χ4v) is 3.94. The van der Waals surface area contributed by atoms with Crippen molar-refractivity contribution in [1.82, 2.24) is 20.3 Å². The molecule has 0 radical (unpaired) electrons. The van der Waals surface area contributed by atoms with Gasteiger partial charge in [0, 0.05) is 36.1 Å². The Morgan fingerprint density at radius 1 is 1.08 bits per heavy atom.